The van der Waals surface area contributed by atoms with Crippen LogP contribution >= 0.6 is 0 Å². The van der Waals surface area contributed by atoms with Gasteiger partial charge < -0.3 is 9.64 Å². The minimum atomic E-state index is -0.947. The quantitative estimate of drug-likeness (QED) is 0.686. The lowest BCUT2D eigenvalue weighted by Gasteiger charge is -2.43. The van der Waals surface area contributed by atoms with E-state index in [0.29, 0.717) is 19.7 Å². The predicted octanol–water partition coefficient (Wildman–Crippen LogP) is 2.90. The summed E-state index contributed by atoms with van der Waals surface area (Å²) in [6.07, 6.45) is 5.96. The number of carbonyl (C=O) groups excluding carboxylic acids is 1. The van der Waals surface area contributed by atoms with Crippen LogP contribution in [0.2, 0.25) is 0 Å². The average molecular weight is 335 g/mol. The van der Waals surface area contributed by atoms with Crippen molar-refractivity contribution in [2.24, 2.45) is 0 Å². The Bertz CT molecular complexity index is 596. The van der Waals surface area contributed by atoms with Crippen molar-refractivity contribution in [3.05, 3.63) is 42.5 Å². The molecule has 5 heteroatoms. The standard InChI is InChI=1S/C18H25NO3S/c1-4-17(20)19(14-18(23(3)21)11-8-12-18)13-15-9-6-7-10-16(15)22-5-2/h4,6-7,9-10H,1,5,8,11-14H2,2-3H3. The molecule has 1 aliphatic rings. The third kappa shape index (κ3) is 4.02. The molecular formula is C18H25NO3S. The molecule has 126 valence electrons. The summed E-state index contributed by atoms with van der Waals surface area (Å²) in [5, 5.41) is 0. The molecule has 0 saturated heterocycles. The van der Waals surface area contributed by atoms with Crippen molar-refractivity contribution in [1.29, 1.82) is 0 Å². The molecule has 0 spiro atoms. The highest BCUT2D eigenvalue weighted by atomic mass is 32.2. The van der Waals surface area contributed by atoms with Gasteiger partial charge in [0.1, 0.15) is 5.75 Å². The van der Waals surface area contributed by atoms with Crippen LogP contribution in [0.15, 0.2) is 36.9 Å². The zero-order valence-corrected chi connectivity index (χ0v) is 14.7. The fourth-order valence-electron chi connectivity index (χ4n) is 2.93. The van der Waals surface area contributed by atoms with Gasteiger partial charge in [0, 0.05) is 35.7 Å². The first-order chi connectivity index (χ1) is 11.0. The highest BCUT2D eigenvalue weighted by molar-refractivity contribution is 7.85. The molecule has 1 aromatic carbocycles. The number of ether oxygens (including phenoxy) is 1. The molecule has 1 unspecified atom stereocenters. The summed E-state index contributed by atoms with van der Waals surface area (Å²) < 4.78 is 17.5. The van der Waals surface area contributed by atoms with Gasteiger partial charge >= 0.3 is 0 Å². The molecule has 2 rings (SSSR count). The van der Waals surface area contributed by atoms with Gasteiger partial charge in [-0.25, -0.2) is 0 Å². The van der Waals surface area contributed by atoms with Gasteiger partial charge in [-0.1, -0.05) is 31.2 Å². The fraction of sp³-hybridized carbons (Fsp3) is 0.500. The van der Waals surface area contributed by atoms with E-state index in [9.17, 15) is 9.00 Å². The molecule has 1 aliphatic carbocycles. The maximum atomic E-state index is 12.3. The number of carbonyl (C=O) groups is 1. The Kier molecular flexibility index (Phi) is 5.99. The molecule has 0 radical (unpaired) electrons. The molecule has 23 heavy (non-hydrogen) atoms. The predicted molar refractivity (Wildman–Crippen MR) is 93.9 cm³/mol. The monoisotopic (exact) mass is 335 g/mol. The summed E-state index contributed by atoms with van der Waals surface area (Å²) in [6.45, 7) is 7.06. The topological polar surface area (TPSA) is 46.6 Å². The lowest BCUT2D eigenvalue weighted by atomic mass is 9.83. The van der Waals surface area contributed by atoms with E-state index in [1.807, 2.05) is 31.2 Å². The number of hydrogen-bond acceptors (Lipinski definition) is 3. The van der Waals surface area contributed by atoms with Crippen molar-refractivity contribution in [1.82, 2.24) is 4.90 Å². The van der Waals surface area contributed by atoms with Crippen molar-refractivity contribution in [2.45, 2.75) is 37.5 Å². The Morgan fingerprint density at radius 1 is 1.43 bits per heavy atom. The molecule has 1 aromatic rings. The molecule has 0 heterocycles. The second kappa shape index (κ2) is 7.77. The Morgan fingerprint density at radius 3 is 2.65 bits per heavy atom. The summed E-state index contributed by atoms with van der Waals surface area (Å²) in [5.74, 6) is 0.658. The molecule has 4 nitrogen and oxygen atoms in total. The number of amides is 1. The maximum Gasteiger partial charge on any atom is 0.246 e. The molecule has 1 saturated carbocycles. The molecule has 0 N–H and O–H groups in total. The van der Waals surface area contributed by atoms with Crippen LogP contribution in [0.5, 0.6) is 5.75 Å². The molecular weight excluding hydrogens is 310 g/mol. The summed E-state index contributed by atoms with van der Waals surface area (Å²) in [7, 11) is -0.947. The number of benzene rings is 1. The van der Waals surface area contributed by atoms with E-state index in [-0.39, 0.29) is 10.7 Å². The Hall–Kier alpha value is -1.62. The fourth-order valence-corrected chi connectivity index (χ4v) is 4.13. The zero-order valence-electron chi connectivity index (χ0n) is 13.9. The largest absolute Gasteiger partial charge is 0.494 e. The van der Waals surface area contributed by atoms with Crippen LogP contribution in [0.1, 0.15) is 31.7 Å². The minimum Gasteiger partial charge on any atom is -0.494 e. The second-order valence-corrected chi connectivity index (χ2v) is 7.70. The number of nitrogens with zero attached hydrogens (tertiary/aromatic N) is 1. The van der Waals surface area contributed by atoms with Gasteiger partial charge in [-0.3, -0.25) is 9.00 Å². The van der Waals surface area contributed by atoms with Crippen molar-refractivity contribution in [3.8, 4) is 5.75 Å². The molecule has 0 aliphatic heterocycles. The molecule has 0 bridgehead atoms. The Morgan fingerprint density at radius 2 is 2.13 bits per heavy atom. The van der Waals surface area contributed by atoms with Gasteiger partial charge in [0.2, 0.25) is 5.91 Å². The van der Waals surface area contributed by atoms with E-state index in [2.05, 4.69) is 6.58 Å². The van der Waals surface area contributed by atoms with Gasteiger partial charge in [-0.2, -0.15) is 0 Å². The van der Waals surface area contributed by atoms with Crippen LogP contribution in [-0.2, 0) is 22.1 Å². The first kappa shape index (κ1) is 17.7. The first-order valence-electron chi connectivity index (χ1n) is 7.98. The lowest BCUT2D eigenvalue weighted by Crippen LogP contribution is -2.51. The van der Waals surface area contributed by atoms with Crippen LogP contribution in [0, 0.1) is 0 Å². The van der Waals surface area contributed by atoms with E-state index in [0.717, 1.165) is 30.6 Å². The van der Waals surface area contributed by atoms with E-state index in [4.69, 9.17) is 4.74 Å². The number of para-hydroxylation sites is 1. The van der Waals surface area contributed by atoms with Crippen molar-refractivity contribution >= 4 is 16.7 Å². The van der Waals surface area contributed by atoms with Crippen molar-refractivity contribution in [2.75, 3.05) is 19.4 Å². The molecule has 1 amide bonds. The van der Waals surface area contributed by atoms with E-state index in [1.165, 1.54) is 6.08 Å². The Labute approximate surface area is 141 Å². The average Bonchev–Trinajstić information content (AvgIpc) is 2.50. The summed E-state index contributed by atoms with van der Waals surface area (Å²) >= 11 is 0. The number of hydrogen-bond donors (Lipinski definition) is 0. The van der Waals surface area contributed by atoms with E-state index >= 15 is 0 Å². The van der Waals surface area contributed by atoms with E-state index < -0.39 is 10.8 Å². The van der Waals surface area contributed by atoms with Gasteiger partial charge in [0.05, 0.1) is 11.4 Å². The van der Waals surface area contributed by atoms with Gasteiger partial charge in [-0.05, 0) is 31.9 Å². The van der Waals surface area contributed by atoms with Gasteiger partial charge in [0.15, 0.2) is 0 Å². The second-order valence-electron chi connectivity index (χ2n) is 5.93. The smallest absolute Gasteiger partial charge is 0.246 e. The van der Waals surface area contributed by atoms with Gasteiger partial charge in [0.25, 0.3) is 0 Å². The van der Waals surface area contributed by atoms with Crippen LogP contribution in [0.25, 0.3) is 0 Å². The third-order valence-electron chi connectivity index (χ3n) is 4.47. The first-order valence-corrected chi connectivity index (χ1v) is 9.54. The zero-order chi connectivity index (χ0) is 16.9. The summed E-state index contributed by atoms with van der Waals surface area (Å²) in [5.41, 5.74) is 0.959. The highest BCUT2D eigenvalue weighted by Gasteiger charge is 2.43. The lowest BCUT2D eigenvalue weighted by molar-refractivity contribution is -0.127. The van der Waals surface area contributed by atoms with Crippen LogP contribution in [0.4, 0.5) is 0 Å². The highest BCUT2D eigenvalue weighted by Crippen LogP contribution is 2.38. The normalized spacial score (nSPS) is 17.0. The number of rotatable bonds is 8. The Balaban J connectivity index is 2.21. The van der Waals surface area contributed by atoms with Crippen molar-refractivity contribution in [3.63, 3.8) is 0 Å². The van der Waals surface area contributed by atoms with Gasteiger partial charge in [-0.15, -0.1) is 0 Å². The van der Waals surface area contributed by atoms with E-state index in [1.54, 1.807) is 11.2 Å². The maximum absolute atomic E-state index is 12.3. The summed E-state index contributed by atoms with van der Waals surface area (Å²) in [6, 6.07) is 7.73. The van der Waals surface area contributed by atoms with Crippen molar-refractivity contribution < 1.29 is 13.7 Å². The minimum absolute atomic E-state index is 0.131. The third-order valence-corrected chi connectivity index (χ3v) is 6.23. The van der Waals surface area contributed by atoms with Crippen LogP contribution in [-0.4, -0.2) is 39.2 Å². The summed E-state index contributed by atoms with van der Waals surface area (Å²) in [4.78, 5) is 14.0. The SMILES string of the molecule is C=CC(=O)N(Cc1ccccc1OCC)CC1(S(C)=O)CCC1. The van der Waals surface area contributed by atoms with Crippen LogP contribution < -0.4 is 4.74 Å². The molecule has 1 fully saturated rings. The van der Waals surface area contributed by atoms with Crippen LogP contribution in [0.3, 0.4) is 0 Å². The molecule has 0 aromatic heterocycles. The molecule has 1 atom stereocenters.